The third-order valence-electron chi connectivity index (χ3n) is 10.7. The molecular formula is C39H52N6O4. The molecule has 0 spiro atoms. The van der Waals surface area contributed by atoms with Crippen LogP contribution in [0.2, 0.25) is 0 Å². The van der Waals surface area contributed by atoms with E-state index in [0.29, 0.717) is 17.8 Å². The molecule has 10 nitrogen and oxygen atoms in total. The van der Waals surface area contributed by atoms with E-state index in [-0.39, 0.29) is 24.4 Å². The first kappa shape index (κ1) is 33.8. The maximum atomic E-state index is 10.2. The highest BCUT2D eigenvalue weighted by molar-refractivity contribution is 5.44. The predicted molar refractivity (Wildman–Crippen MR) is 189 cm³/mol. The Hall–Kier alpha value is -3.70. The summed E-state index contributed by atoms with van der Waals surface area (Å²) in [6, 6.07) is 17.1. The minimum absolute atomic E-state index is 0.144. The zero-order chi connectivity index (χ0) is 33.7. The fourth-order valence-corrected chi connectivity index (χ4v) is 8.57. The van der Waals surface area contributed by atoms with Crippen LogP contribution in [0.3, 0.4) is 0 Å². The molecule has 1 N–H and O–H groups in total. The summed E-state index contributed by atoms with van der Waals surface area (Å²) < 4.78 is 22.5. The Labute approximate surface area is 290 Å². The Kier molecular flexibility index (Phi) is 10.7. The summed E-state index contributed by atoms with van der Waals surface area (Å²) in [5.74, 6) is 1.40. The van der Waals surface area contributed by atoms with Crippen molar-refractivity contribution in [3.05, 3.63) is 95.6 Å². The first-order valence-electron chi connectivity index (χ1n) is 18.2. The average Bonchev–Trinajstić information content (AvgIpc) is 3.82. The van der Waals surface area contributed by atoms with Crippen LogP contribution in [0.1, 0.15) is 48.9 Å². The molecule has 0 saturated carbocycles. The van der Waals surface area contributed by atoms with Gasteiger partial charge in [-0.3, -0.25) is 19.2 Å². The molecule has 4 aliphatic rings. The number of aromatic nitrogens is 4. The summed E-state index contributed by atoms with van der Waals surface area (Å²) >= 11 is 0. The number of phenols is 1. The van der Waals surface area contributed by atoms with E-state index in [1.54, 1.807) is 13.2 Å². The molecule has 2 aromatic carbocycles. The van der Waals surface area contributed by atoms with Gasteiger partial charge >= 0.3 is 0 Å². The lowest BCUT2D eigenvalue weighted by molar-refractivity contribution is -0.128. The van der Waals surface area contributed by atoms with Gasteiger partial charge in [0.25, 0.3) is 0 Å². The Balaban J connectivity index is 0.000000154. The SMILES string of the molecule is CCCN1C[C@H](Cn2cccn2)O[C@H]2Cc3c(O)cccc3C[C@@H]21.CCCN1C[C@H](Cn2cccn2)O[C@H]2Cc3c(cccc3OC)C[C@@H]21. The first-order valence-corrected chi connectivity index (χ1v) is 18.2. The highest BCUT2D eigenvalue weighted by atomic mass is 16.5. The molecule has 8 rings (SSSR count). The fourth-order valence-electron chi connectivity index (χ4n) is 8.57. The van der Waals surface area contributed by atoms with Crippen LogP contribution in [0.5, 0.6) is 11.5 Å². The summed E-state index contributed by atoms with van der Waals surface area (Å²) in [5, 5.41) is 18.9. The summed E-state index contributed by atoms with van der Waals surface area (Å²) in [5.41, 5.74) is 5.07. The third kappa shape index (κ3) is 7.57. The lowest BCUT2D eigenvalue weighted by atomic mass is 9.83. The van der Waals surface area contributed by atoms with Gasteiger partial charge in [0.05, 0.1) is 44.6 Å². The van der Waals surface area contributed by atoms with Crippen molar-refractivity contribution in [2.45, 2.75) is 102 Å². The van der Waals surface area contributed by atoms with E-state index in [1.807, 2.05) is 52.4 Å². The summed E-state index contributed by atoms with van der Waals surface area (Å²) in [4.78, 5) is 5.21. The highest BCUT2D eigenvalue weighted by Gasteiger charge is 2.42. The van der Waals surface area contributed by atoms with Crippen molar-refractivity contribution in [2.75, 3.05) is 33.3 Å². The zero-order valence-electron chi connectivity index (χ0n) is 29.2. The topological polar surface area (TPSA) is 90.0 Å². The lowest BCUT2D eigenvalue weighted by Gasteiger charge is -2.47. The van der Waals surface area contributed by atoms with Crippen molar-refractivity contribution < 1.29 is 19.3 Å². The summed E-state index contributed by atoms with van der Waals surface area (Å²) in [6.45, 7) is 10.2. The van der Waals surface area contributed by atoms with E-state index in [1.165, 1.54) is 23.1 Å². The zero-order valence-corrected chi connectivity index (χ0v) is 29.2. The normalized spacial score (nSPS) is 26.4. The van der Waals surface area contributed by atoms with E-state index in [4.69, 9.17) is 14.2 Å². The molecule has 4 aromatic rings. The van der Waals surface area contributed by atoms with Crippen LogP contribution in [0.4, 0.5) is 0 Å². The van der Waals surface area contributed by atoms with Crippen LogP contribution < -0.4 is 4.74 Å². The monoisotopic (exact) mass is 668 g/mol. The van der Waals surface area contributed by atoms with Gasteiger partial charge in [0.1, 0.15) is 11.5 Å². The molecule has 2 aliphatic heterocycles. The van der Waals surface area contributed by atoms with Gasteiger partial charge in [-0.25, -0.2) is 0 Å². The van der Waals surface area contributed by atoms with Crippen LogP contribution in [0.25, 0.3) is 0 Å². The van der Waals surface area contributed by atoms with Crippen LogP contribution in [-0.2, 0) is 48.2 Å². The molecule has 262 valence electrons. The fraction of sp³-hybridized carbons (Fsp3) is 0.538. The Morgan fingerprint density at radius 2 is 1.24 bits per heavy atom. The standard InChI is InChI=1S/C20H27N3O2.C19H25N3O2/c1-3-9-22-13-16(14-23-10-5-8-21-23)25-20-12-17-15(11-18(20)22)6-4-7-19(17)24-2;1-2-8-21-12-15(13-22-9-4-7-20-22)24-19-11-16-14(10-17(19)21)5-3-6-18(16)23/h4-8,10,16,18,20H,3,9,11-14H2,1-2H3;3-7,9,15,17,19,23H,2,8,10-13H2,1H3/t16-,18+,20+;15-,17+,19+/m11/s1. The second-order valence-corrected chi connectivity index (χ2v) is 14.0. The number of nitrogens with zero attached hydrogens (tertiary/aromatic N) is 6. The molecule has 0 radical (unpaired) electrons. The molecule has 10 heteroatoms. The van der Waals surface area contributed by atoms with Gasteiger partial charge in [-0.05, 0) is 85.3 Å². The number of aromatic hydroxyl groups is 1. The Morgan fingerprint density at radius 3 is 1.76 bits per heavy atom. The summed E-state index contributed by atoms with van der Waals surface area (Å²) in [6.07, 6.45) is 14.4. The average molecular weight is 669 g/mol. The van der Waals surface area contributed by atoms with Gasteiger partial charge in [0.2, 0.25) is 0 Å². The quantitative estimate of drug-likeness (QED) is 0.273. The minimum atomic E-state index is 0.144. The van der Waals surface area contributed by atoms with E-state index < -0.39 is 0 Å². The number of hydrogen-bond donors (Lipinski definition) is 1. The third-order valence-corrected chi connectivity index (χ3v) is 10.7. The maximum absolute atomic E-state index is 10.2. The van der Waals surface area contributed by atoms with Crippen molar-refractivity contribution >= 4 is 0 Å². The number of methoxy groups -OCH3 is 1. The predicted octanol–water partition coefficient (Wildman–Crippen LogP) is 4.77. The van der Waals surface area contributed by atoms with Crippen LogP contribution in [0, 0.1) is 0 Å². The smallest absolute Gasteiger partial charge is 0.122 e. The molecule has 0 unspecified atom stereocenters. The Morgan fingerprint density at radius 1 is 0.714 bits per heavy atom. The van der Waals surface area contributed by atoms with Gasteiger partial charge in [-0.2, -0.15) is 10.2 Å². The minimum Gasteiger partial charge on any atom is -0.508 e. The number of phenolic OH excluding ortho intramolecular Hbond substituents is 1. The molecule has 2 fully saturated rings. The number of hydrogen-bond acceptors (Lipinski definition) is 8. The number of ether oxygens (including phenoxy) is 3. The molecule has 2 aromatic heterocycles. The molecule has 4 heterocycles. The lowest BCUT2D eigenvalue weighted by Crippen LogP contribution is -2.58. The van der Waals surface area contributed by atoms with Gasteiger partial charge in [0.15, 0.2) is 0 Å². The van der Waals surface area contributed by atoms with Crippen molar-refractivity contribution in [2.24, 2.45) is 0 Å². The van der Waals surface area contributed by atoms with E-state index in [0.717, 1.165) is 82.7 Å². The van der Waals surface area contributed by atoms with Crippen molar-refractivity contribution in [1.29, 1.82) is 0 Å². The number of benzene rings is 2. The number of morpholine rings is 2. The first-order chi connectivity index (χ1) is 24.0. The van der Waals surface area contributed by atoms with E-state index in [9.17, 15) is 5.11 Å². The van der Waals surface area contributed by atoms with E-state index >= 15 is 0 Å². The molecule has 2 aliphatic carbocycles. The maximum Gasteiger partial charge on any atom is 0.122 e. The molecule has 49 heavy (non-hydrogen) atoms. The second kappa shape index (κ2) is 15.5. The van der Waals surface area contributed by atoms with Crippen LogP contribution in [-0.4, -0.2) is 104 Å². The highest BCUT2D eigenvalue weighted by Crippen LogP contribution is 2.37. The molecule has 2 saturated heterocycles. The van der Waals surface area contributed by atoms with Gasteiger partial charge in [-0.1, -0.05) is 38.1 Å². The molecule has 0 bridgehead atoms. The number of fused-ring (bicyclic) bond motifs is 4. The van der Waals surface area contributed by atoms with Crippen molar-refractivity contribution in [3.63, 3.8) is 0 Å². The molecule has 0 amide bonds. The number of rotatable bonds is 9. The van der Waals surface area contributed by atoms with Crippen LogP contribution in [0.15, 0.2) is 73.3 Å². The van der Waals surface area contributed by atoms with Crippen molar-refractivity contribution in [1.82, 2.24) is 29.4 Å². The molecular weight excluding hydrogens is 616 g/mol. The van der Waals surface area contributed by atoms with E-state index in [2.05, 4.69) is 58.1 Å². The second-order valence-electron chi connectivity index (χ2n) is 14.0. The Bertz CT molecular complexity index is 1630. The summed E-state index contributed by atoms with van der Waals surface area (Å²) in [7, 11) is 1.76. The van der Waals surface area contributed by atoms with Gasteiger partial charge < -0.3 is 19.3 Å². The van der Waals surface area contributed by atoms with Crippen LogP contribution >= 0.6 is 0 Å². The largest absolute Gasteiger partial charge is 0.508 e. The molecule has 6 atom stereocenters. The van der Waals surface area contributed by atoms with Gasteiger partial charge in [0, 0.05) is 62.8 Å². The van der Waals surface area contributed by atoms with Crippen molar-refractivity contribution in [3.8, 4) is 11.5 Å². The van der Waals surface area contributed by atoms with Gasteiger partial charge in [-0.15, -0.1) is 0 Å².